The summed E-state index contributed by atoms with van der Waals surface area (Å²) >= 11 is 14.0. The Morgan fingerprint density at radius 2 is 1.16 bits per heavy atom. The smallest absolute Gasteiger partial charge is 0.408 e. The molecule has 0 aliphatic carbocycles. The number of hydrogen-bond acceptors (Lipinski definition) is 20. The topological polar surface area (TPSA) is 423 Å². The van der Waals surface area contributed by atoms with Crippen LogP contribution in [0.2, 0.25) is 10.0 Å². The van der Waals surface area contributed by atoms with Crippen LogP contribution in [0.4, 0.5) is 4.79 Å². The van der Waals surface area contributed by atoms with Crippen LogP contribution < -0.4 is 62.1 Å². The number of aliphatic hydroxyl groups is 1. The molecule has 0 saturated heterocycles. The standard InChI is InChI=1S/C76H73Cl2N9O19/c1-6-7-8-34-9-11-35(12-10-34)32-80-33-46-52(91)31-45-58(66(46)93)44-25-37(14-17-50(44)89)59-71(98)86-64(74(101)85-63(45)69(96)79-5)65(92)39-16-20-54(48(78)26-39)105-57-29-41-28-56(67(57)94)104-53-19-13-36(21-47(53)77)22-49-68(95)82-61(72(99)84-62(41)73(100)83-59)40-23-42(88)30-43(24-40)103-55-27-38(15-18-51(55)90)60(70(97)81-49)87-75(102)106-76(2,3)4/h9-21,23-31,49,59-65,80,88-94H,6-8,22,32-33H2,1-5H3,(H,79,96)(H,81,97)(H,82,95)(H,83,100)(H,84,99)(H,85,101)(H,86,98)(H,87,102)/t49?,59?,60?,61?,62?,63-,64?,65?/m1/s1. The number of ether oxygens (including phenoxy) is 4. The SMILES string of the molecule is CCCCc1ccc(CNCc2c(O)cc3c(c2O)-c2cc(ccc2O)C2NC(=O)C4NC(=O)C5NC(=O)C(Cc6ccc(c(Cl)c6)Oc6cc4cc(c6O)Oc4ccc(cc4Cl)C(O)C(NC2=O)C(=O)N[C@H]3C(=O)NC)NC(=O)C(NC(=O)OC(C)(C)C)c2ccc(O)c(c2)Oc2cc(O)cc5c2)cc1. The largest absolute Gasteiger partial charge is 0.508 e. The van der Waals surface area contributed by atoms with E-state index in [1.54, 1.807) is 20.8 Å². The summed E-state index contributed by atoms with van der Waals surface area (Å²) in [5.74, 6) is -14.2. The number of unbranched alkanes of at least 4 members (excludes halogenated alkanes) is 1. The number of fused-ring (bicyclic) bond motifs is 14. The van der Waals surface area contributed by atoms with Crippen LogP contribution in [0.15, 0.2) is 133 Å². The van der Waals surface area contributed by atoms with E-state index < -0.39 is 154 Å². The molecular formula is C76H73Cl2N9O19. The maximum absolute atomic E-state index is 16.2. The van der Waals surface area contributed by atoms with Crippen molar-refractivity contribution in [1.29, 1.82) is 0 Å². The van der Waals surface area contributed by atoms with Crippen LogP contribution in [0, 0.1) is 0 Å². The first-order chi connectivity index (χ1) is 50.5. The molecule has 17 bridgehead atoms. The van der Waals surface area contributed by atoms with Gasteiger partial charge in [-0.2, -0.15) is 0 Å². The van der Waals surface area contributed by atoms with Crippen LogP contribution in [0.3, 0.4) is 0 Å². The number of aryl methyl sites for hydroxylation is 1. The van der Waals surface area contributed by atoms with Gasteiger partial charge in [0, 0.05) is 43.8 Å². The molecule has 28 nitrogen and oxygen atoms in total. The van der Waals surface area contributed by atoms with Crippen LogP contribution in [0.5, 0.6) is 69.0 Å². The second-order valence-corrected chi connectivity index (χ2v) is 27.6. The summed E-state index contributed by atoms with van der Waals surface area (Å²) < 4.78 is 24.3. The number of carbonyl (C=O) groups is 8. The van der Waals surface area contributed by atoms with Crippen molar-refractivity contribution < 1.29 is 93.0 Å². The van der Waals surface area contributed by atoms with Crippen LogP contribution in [-0.2, 0) is 64.2 Å². The molecule has 0 radical (unpaired) electrons. The lowest BCUT2D eigenvalue weighted by molar-refractivity contribution is -0.137. The van der Waals surface area contributed by atoms with Gasteiger partial charge in [-0.25, -0.2) is 4.79 Å². The van der Waals surface area contributed by atoms with E-state index in [9.17, 15) is 50.1 Å². The number of phenolic OH excluding ortho intramolecular Hbond substituents is 6. The molecule has 0 spiro atoms. The minimum atomic E-state index is -2.22. The van der Waals surface area contributed by atoms with Crippen LogP contribution in [0.25, 0.3) is 11.1 Å². The zero-order valence-electron chi connectivity index (χ0n) is 57.3. The lowest BCUT2D eigenvalue weighted by atomic mass is 9.87. The number of phenols is 6. The molecule has 550 valence electrons. The molecule has 106 heavy (non-hydrogen) atoms. The fourth-order valence-corrected chi connectivity index (χ4v) is 13.2. The Balaban J connectivity index is 1.04. The first-order valence-corrected chi connectivity index (χ1v) is 34.3. The molecule has 16 N–H and O–H groups in total. The minimum absolute atomic E-state index is 0.00477. The number of carbonyl (C=O) groups excluding carboxylic acids is 8. The fourth-order valence-electron chi connectivity index (χ4n) is 12.7. The first-order valence-electron chi connectivity index (χ1n) is 33.6. The third-order valence-electron chi connectivity index (χ3n) is 18.1. The van der Waals surface area contributed by atoms with Crippen molar-refractivity contribution in [2.45, 2.75) is 120 Å². The molecule has 0 saturated carbocycles. The number of alkyl carbamates (subject to hydrolysis) is 1. The molecule has 0 fully saturated rings. The van der Waals surface area contributed by atoms with E-state index in [0.29, 0.717) is 0 Å². The van der Waals surface area contributed by atoms with Crippen LogP contribution >= 0.6 is 23.2 Å². The normalized spacial score (nSPS) is 20.0. The first kappa shape index (κ1) is 73.8. The van der Waals surface area contributed by atoms with E-state index in [0.717, 1.165) is 85.0 Å². The average molecular weight is 1490 g/mol. The zero-order chi connectivity index (χ0) is 75.7. The molecule has 8 aromatic carbocycles. The number of aliphatic hydroxyl groups excluding tert-OH is 1. The Kier molecular flexibility index (Phi) is 21.1. The Morgan fingerprint density at radius 1 is 0.557 bits per heavy atom. The van der Waals surface area contributed by atoms with Gasteiger partial charge < -0.3 is 103 Å². The number of nitrogens with one attached hydrogen (secondary N) is 9. The van der Waals surface area contributed by atoms with Crippen molar-refractivity contribution in [3.05, 3.63) is 199 Å². The Hall–Kier alpha value is -12.0. The number of hydrogen-bond donors (Lipinski definition) is 16. The van der Waals surface area contributed by atoms with Gasteiger partial charge in [0.05, 0.1) is 15.6 Å². The molecule has 7 unspecified atom stereocenters. The van der Waals surface area contributed by atoms with Gasteiger partial charge in [0.25, 0.3) is 0 Å². The average Bonchev–Trinajstić information content (AvgIpc) is 0.746. The summed E-state index contributed by atoms with van der Waals surface area (Å²) in [6.45, 7) is 6.83. The number of benzene rings is 8. The highest BCUT2D eigenvalue weighted by molar-refractivity contribution is 6.32. The maximum atomic E-state index is 16.2. The predicted molar refractivity (Wildman–Crippen MR) is 382 cm³/mol. The summed E-state index contributed by atoms with van der Waals surface area (Å²) in [6, 6.07) is 15.4. The summed E-state index contributed by atoms with van der Waals surface area (Å²) in [5.41, 5.74) is -1.07. The Labute approximate surface area is 615 Å². The van der Waals surface area contributed by atoms with E-state index in [-0.39, 0.29) is 102 Å². The van der Waals surface area contributed by atoms with Crippen molar-refractivity contribution in [3.63, 3.8) is 0 Å². The van der Waals surface area contributed by atoms with Crippen molar-refractivity contribution in [1.82, 2.24) is 47.9 Å². The summed E-state index contributed by atoms with van der Waals surface area (Å²) in [5, 5.41) is 107. The summed E-state index contributed by atoms with van der Waals surface area (Å²) in [7, 11) is 1.23. The fraction of sp³-hybridized carbons (Fsp3) is 0.263. The van der Waals surface area contributed by atoms with E-state index >= 15 is 24.0 Å². The lowest BCUT2D eigenvalue weighted by Gasteiger charge is -2.32. The monoisotopic (exact) mass is 1490 g/mol. The predicted octanol–water partition coefficient (Wildman–Crippen LogP) is 8.84. The van der Waals surface area contributed by atoms with Gasteiger partial charge in [-0.1, -0.05) is 85.1 Å². The van der Waals surface area contributed by atoms with Crippen LogP contribution in [0.1, 0.15) is 132 Å². The Morgan fingerprint density at radius 3 is 1.82 bits per heavy atom. The van der Waals surface area contributed by atoms with Gasteiger partial charge >= 0.3 is 6.09 Å². The molecule has 8 aromatic rings. The molecule has 6 heterocycles. The molecule has 8 amide bonds. The highest BCUT2D eigenvalue weighted by Gasteiger charge is 2.42. The molecule has 6 aliphatic heterocycles. The summed E-state index contributed by atoms with van der Waals surface area (Å²) in [4.78, 5) is 121. The minimum Gasteiger partial charge on any atom is -0.508 e. The highest BCUT2D eigenvalue weighted by Crippen LogP contribution is 2.49. The molecular weight excluding hydrogens is 1410 g/mol. The maximum Gasteiger partial charge on any atom is 0.408 e. The molecule has 14 rings (SSSR count). The lowest BCUT2D eigenvalue weighted by Crippen LogP contribution is -2.56. The van der Waals surface area contributed by atoms with Crippen molar-refractivity contribution >= 4 is 70.6 Å². The van der Waals surface area contributed by atoms with Crippen molar-refractivity contribution in [2.24, 2.45) is 0 Å². The van der Waals surface area contributed by atoms with Gasteiger partial charge in [-0.05, 0) is 163 Å². The van der Waals surface area contributed by atoms with Crippen molar-refractivity contribution in [3.8, 4) is 80.1 Å². The number of halogens is 2. The van der Waals surface area contributed by atoms with E-state index in [4.69, 9.17) is 42.1 Å². The van der Waals surface area contributed by atoms with E-state index in [2.05, 4.69) is 54.8 Å². The number of amides is 8. The van der Waals surface area contributed by atoms with E-state index in [1.165, 1.54) is 61.6 Å². The molecule has 8 atom stereocenters. The number of rotatable bonds is 9. The van der Waals surface area contributed by atoms with Gasteiger partial charge in [-0.3, -0.25) is 33.6 Å². The molecule has 0 aromatic heterocycles. The number of likely N-dealkylation sites (N-methyl/N-ethyl adjacent to an activating group) is 1. The number of aromatic hydroxyl groups is 6. The zero-order valence-corrected chi connectivity index (χ0v) is 58.9. The van der Waals surface area contributed by atoms with Gasteiger partial charge in [0.15, 0.2) is 23.0 Å². The second kappa shape index (κ2) is 30.4. The summed E-state index contributed by atoms with van der Waals surface area (Å²) in [6.07, 6.45) is -0.734. The third kappa shape index (κ3) is 15.9. The van der Waals surface area contributed by atoms with Gasteiger partial charge in [0.2, 0.25) is 47.1 Å². The molecule has 30 heteroatoms. The van der Waals surface area contributed by atoms with Crippen LogP contribution in [-0.4, -0.2) is 108 Å². The van der Waals surface area contributed by atoms with Crippen molar-refractivity contribution in [2.75, 3.05) is 7.05 Å². The van der Waals surface area contributed by atoms with Gasteiger partial charge in [0.1, 0.15) is 94.2 Å². The van der Waals surface area contributed by atoms with E-state index in [1.807, 2.05) is 24.3 Å². The van der Waals surface area contributed by atoms with Gasteiger partial charge in [-0.15, -0.1) is 0 Å². The Bertz CT molecular complexity index is 4880. The third-order valence-corrected chi connectivity index (χ3v) is 18.7. The molecule has 6 aliphatic rings. The second-order valence-electron chi connectivity index (χ2n) is 26.8. The highest BCUT2D eigenvalue weighted by atomic mass is 35.5. The quantitative estimate of drug-likeness (QED) is 0.0641.